The Morgan fingerprint density at radius 2 is 2.38 bits per heavy atom. The standard InChI is InChI=1S/C8H10N4S/c1-9-8-10-5-7(13-8)6-3-4-11-12(6)2/h3-5H,1-2H3,(H,9,10). The molecule has 68 valence electrons. The highest BCUT2D eigenvalue weighted by Crippen LogP contribution is 2.27. The number of hydrogen-bond donors (Lipinski definition) is 1. The van der Waals surface area contributed by atoms with Gasteiger partial charge < -0.3 is 5.32 Å². The van der Waals surface area contributed by atoms with Gasteiger partial charge in [0.2, 0.25) is 0 Å². The summed E-state index contributed by atoms with van der Waals surface area (Å²) in [4.78, 5) is 5.33. The number of nitrogens with zero attached hydrogens (tertiary/aromatic N) is 3. The van der Waals surface area contributed by atoms with Crippen molar-refractivity contribution in [3.05, 3.63) is 18.5 Å². The SMILES string of the molecule is CNc1ncc(-c2ccnn2C)s1. The fourth-order valence-electron chi connectivity index (χ4n) is 1.12. The quantitative estimate of drug-likeness (QED) is 0.789. The first-order chi connectivity index (χ1) is 6.31. The van der Waals surface area contributed by atoms with Crippen LogP contribution in [0.3, 0.4) is 0 Å². The van der Waals surface area contributed by atoms with Crippen LogP contribution in [0.1, 0.15) is 0 Å². The maximum absolute atomic E-state index is 4.20. The van der Waals surface area contributed by atoms with Crippen molar-refractivity contribution in [1.82, 2.24) is 14.8 Å². The molecular weight excluding hydrogens is 184 g/mol. The van der Waals surface area contributed by atoms with E-state index in [9.17, 15) is 0 Å². The Bertz CT molecular complexity index is 404. The summed E-state index contributed by atoms with van der Waals surface area (Å²) in [5, 5.41) is 8.04. The van der Waals surface area contributed by atoms with Crippen molar-refractivity contribution in [3.8, 4) is 10.6 Å². The van der Waals surface area contributed by atoms with Gasteiger partial charge in [-0.2, -0.15) is 5.10 Å². The van der Waals surface area contributed by atoms with Gasteiger partial charge in [0, 0.05) is 26.5 Å². The lowest BCUT2D eigenvalue weighted by molar-refractivity contribution is 0.777. The molecule has 1 N–H and O–H groups in total. The summed E-state index contributed by atoms with van der Waals surface area (Å²) in [6, 6.07) is 1.98. The first-order valence-corrected chi connectivity index (χ1v) is 4.75. The van der Waals surface area contributed by atoms with Gasteiger partial charge in [0.25, 0.3) is 0 Å². The molecule has 0 radical (unpaired) electrons. The third kappa shape index (κ3) is 1.42. The maximum Gasteiger partial charge on any atom is 0.182 e. The van der Waals surface area contributed by atoms with Gasteiger partial charge in [-0.3, -0.25) is 4.68 Å². The normalized spacial score (nSPS) is 10.3. The van der Waals surface area contributed by atoms with Gasteiger partial charge in [-0.1, -0.05) is 11.3 Å². The lowest BCUT2D eigenvalue weighted by Gasteiger charge is -1.95. The zero-order valence-electron chi connectivity index (χ0n) is 7.48. The minimum Gasteiger partial charge on any atom is -0.365 e. The van der Waals surface area contributed by atoms with Gasteiger partial charge in [0.05, 0.1) is 10.6 Å². The molecule has 5 heteroatoms. The highest BCUT2D eigenvalue weighted by Gasteiger charge is 2.05. The van der Waals surface area contributed by atoms with Crippen LogP contribution >= 0.6 is 11.3 Å². The summed E-state index contributed by atoms with van der Waals surface area (Å²) in [5.41, 5.74) is 1.10. The molecule has 0 spiro atoms. The van der Waals surface area contributed by atoms with Gasteiger partial charge in [-0.05, 0) is 6.07 Å². The van der Waals surface area contributed by atoms with Crippen LogP contribution < -0.4 is 5.32 Å². The Hall–Kier alpha value is -1.36. The molecule has 2 aromatic heterocycles. The molecule has 0 unspecified atom stereocenters. The predicted octanol–water partition coefficient (Wildman–Crippen LogP) is 1.59. The topological polar surface area (TPSA) is 42.7 Å². The number of thiazole rings is 1. The van der Waals surface area contributed by atoms with Crippen LogP contribution in [-0.4, -0.2) is 21.8 Å². The maximum atomic E-state index is 4.20. The van der Waals surface area contributed by atoms with E-state index >= 15 is 0 Å². The zero-order valence-corrected chi connectivity index (χ0v) is 8.30. The third-order valence-electron chi connectivity index (χ3n) is 1.79. The number of aryl methyl sites for hydroxylation is 1. The van der Waals surface area contributed by atoms with Crippen molar-refractivity contribution in [2.75, 3.05) is 12.4 Å². The average molecular weight is 194 g/mol. The smallest absolute Gasteiger partial charge is 0.182 e. The van der Waals surface area contributed by atoms with Crippen LogP contribution in [-0.2, 0) is 7.05 Å². The van der Waals surface area contributed by atoms with Crippen LogP contribution in [0.5, 0.6) is 0 Å². The molecule has 2 aromatic rings. The van der Waals surface area contributed by atoms with Crippen LogP contribution in [0, 0.1) is 0 Å². The monoisotopic (exact) mass is 194 g/mol. The van der Waals surface area contributed by atoms with E-state index in [1.54, 1.807) is 17.5 Å². The van der Waals surface area contributed by atoms with Gasteiger partial charge in [0.1, 0.15) is 0 Å². The van der Waals surface area contributed by atoms with Crippen molar-refractivity contribution in [1.29, 1.82) is 0 Å². The Morgan fingerprint density at radius 1 is 1.54 bits per heavy atom. The molecule has 0 aliphatic rings. The lowest BCUT2D eigenvalue weighted by Crippen LogP contribution is -1.91. The molecule has 2 rings (SSSR count). The molecule has 2 heterocycles. The second-order valence-electron chi connectivity index (χ2n) is 2.62. The number of rotatable bonds is 2. The van der Waals surface area contributed by atoms with Crippen LogP contribution in [0.4, 0.5) is 5.13 Å². The zero-order chi connectivity index (χ0) is 9.26. The predicted molar refractivity (Wildman–Crippen MR) is 53.9 cm³/mol. The van der Waals surface area contributed by atoms with Crippen LogP contribution in [0.25, 0.3) is 10.6 Å². The van der Waals surface area contributed by atoms with Crippen molar-refractivity contribution >= 4 is 16.5 Å². The minimum atomic E-state index is 0.927. The van der Waals surface area contributed by atoms with E-state index in [1.165, 1.54) is 0 Å². The first kappa shape index (κ1) is 8.25. The van der Waals surface area contributed by atoms with E-state index in [2.05, 4.69) is 15.4 Å². The Kier molecular flexibility index (Phi) is 2.02. The molecule has 0 fully saturated rings. The van der Waals surface area contributed by atoms with Crippen LogP contribution in [0.2, 0.25) is 0 Å². The molecule has 0 aliphatic heterocycles. The van der Waals surface area contributed by atoms with Crippen molar-refractivity contribution in [2.24, 2.45) is 7.05 Å². The van der Waals surface area contributed by atoms with E-state index < -0.39 is 0 Å². The summed E-state index contributed by atoms with van der Waals surface area (Å²) in [6.45, 7) is 0. The summed E-state index contributed by atoms with van der Waals surface area (Å²) in [6.07, 6.45) is 3.64. The van der Waals surface area contributed by atoms with E-state index in [-0.39, 0.29) is 0 Å². The summed E-state index contributed by atoms with van der Waals surface area (Å²) < 4.78 is 1.84. The second-order valence-corrected chi connectivity index (χ2v) is 3.65. The fraction of sp³-hybridized carbons (Fsp3) is 0.250. The summed E-state index contributed by atoms with van der Waals surface area (Å²) in [7, 11) is 3.79. The summed E-state index contributed by atoms with van der Waals surface area (Å²) >= 11 is 1.62. The molecule has 0 saturated carbocycles. The van der Waals surface area contributed by atoms with Gasteiger partial charge in [-0.15, -0.1) is 0 Å². The number of hydrogen-bond acceptors (Lipinski definition) is 4. The molecule has 0 atom stereocenters. The third-order valence-corrected chi connectivity index (χ3v) is 2.83. The van der Waals surface area contributed by atoms with E-state index in [0.29, 0.717) is 0 Å². The molecular formula is C8H10N4S. The Labute approximate surface area is 80.2 Å². The average Bonchev–Trinajstić information content (AvgIpc) is 2.71. The van der Waals surface area contributed by atoms with E-state index in [0.717, 1.165) is 15.7 Å². The van der Waals surface area contributed by atoms with Gasteiger partial charge >= 0.3 is 0 Å². The second kappa shape index (κ2) is 3.18. The molecule has 0 saturated heterocycles. The van der Waals surface area contributed by atoms with Gasteiger partial charge in [-0.25, -0.2) is 4.98 Å². The van der Waals surface area contributed by atoms with Crippen molar-refractivity contribution < 1.29 is 0 Å². The number of nitrogens with one attached hydrogen (secondary N) is 1. The number of anilines is 1. The lowest BCUT2D eigenvalue weighted by atomic mass is 10.4. The van der Waals surface area contributed by atoms with Crippen molar-refractivity contribution in [2.45, 2.75) is 0 Å². The highest BCUT2D eigenvalue weighted by atomic mass is 32.1. The fourth-order valence-corrected chi connectivity index (χ4v) is 1.95. The van der Waals surface area contributed by atoms with Gasteiger partial charge in [0.15, 0.2) is 5.13 Å². The molecule has 0 bridgehead atoms. The minimum absolute atomic E-state index is 0.927. The molecule has 0 amide bonds. The van der Waals surface area contributed by atoms with E-state index in [4.69, 9.17) is 0 Å². The molecule has 0 aromatic carbocycles. The van der Waals surface area contributed by atoms with Crippen LogP contribution in [0.15, 0.2) is 18.5 Å². The largest absolute Gasteiger partial charge is 0.365 e. The summed E-state index contributed by atoms with van der Waals surface area (Å²) in [5.74, 6) is 0. The highest BCUT2D eigenvalue weighted by molar-refractivity contribution is 7.18. The van der Waals surface area contributed by atoms with E-state index in [1.807, 2.05) is 31.0 Å². The molecule has 0 aliphatic carbocycles. The number of aromatic nitrogens is 3. The molecule has 13 heavy (non-hydrogen) atoms. The first-order valence-electron chi connectivity index (χ1n) is 3.93. The molecule has 4 nitrogen and oxygen atoms in total. The Balaban J connectivity index is 2.41. The van der Waals surface area contributed by atoms with Crippen molar-refractivity contribution in [3.63, 3.8) is 0 Å². The Morgan fingerprint density at radius 3 is 2.92 bits per heavy atom.